The lowest BCUT2D eigenvalue weighted by molar-refractivity contribution is 0.829. The summed E-state index contributed by atoms with van der Waals surface area (Å²) in [6.07, 6.45) is 3.28. The van der Waals surface area contributed by atoms with E-state index in [1.54, 1.807) is 0 Å². The van der Waals surface area contributed by atoms with Gasteiger partial charge in [-0.3, -0.25) is 4.99 Å². The van der Waals surface area contributed by atoms with Crippen molar-refractivity contribution in [3.05, 3.63) is 0 Å². The van der Waals surface area contributed by atoms with Crippen LogP contribution in [0.25, 0.3) is 0 Å². The fraction of sp³-hybridized carbons (Fsp3) is 0.889. The molecular weight excluding hydrogens is 309 g/mol. The third-order valence-corrected chi connectivity index (χ3v) is 2.16. The molecule has 3 nitrogen and oxygen atoms in total. The van der Waals surface area contributed by atoms with Crippen LogP contribution in [-0.4, -0.2) is 37.6 Å². The highest BCUT2D eigenvalue weighted by molar-refractivity contribution is 14.0. The van der Waals surface area contributed by atoms with E-state index >= 15 is 0 Å². The average Bonchev–Trinajstić information content (AvgIpc) is 2.13. The van der Waals surface area contributed by atoms with Crippen molar-refractivity contribution < 1.29 is 0 Å². The first kappa shape index (κ1) is 16.8. The first-order chi connectivity index (χ1) is 6.35. The van der Waals surface area contributed by atoms with E-state index < -0.39 is 0 Å². The van der Waals surface area contributed by atoms with Crippen LogP contribution in [0.4, 0.5) is 0 Å². The molecule has 5 heteroatoms. The lowest BCUT2D eigenvalue weighted by atomic mass is 10.5. The van der Waals surface area contributed by atoms with Gasteiger partial charge in [-0.2, -0.15) is 11.8 Å². The minimum Gasteiger partial charge on any atom is -0.357 e. The molecule has 0 amide bonds. The second-order valence-electron chi connectivity index (χ2n) is 2.64. The van der Waals surface area contributed by atoms with Gasteiger partial charge in [-0.15, -0.1) is 24.0 Å². The Bertz CT molecular complexity index is 134. The van der Waals surface area contributed by atoms with Gasteiger partial charge in [0.1, 0.15) is 0 Å². The molecule has 0 aromatic heterocycles. The number of aliphatic imine (C=N–C) groups is 1. The summed E-state index contributed by atoms with van der Waals surface area (Å²) in [5.74, 6) is 2.13. The molecule has 0 aromatic carbocycles. The Morgan fingerprint density at radius 3 is 2.21 bits per heavy atom. The SMILES string of the molecule is CCNC(=NCCCSC)NCC.I. The maximum atomic E-state index is 4.42. The molecular formula is C9H22IN3S. The third-order valence-electron chi connectivity index (χ3n) is 1.46. The molecule has 0 aliphatic heterocycles. The van der Waals surface area contributed by atoms with Gasteiger partial charge in [-0.05, 0) is 32.3 Å². The lowest BCUT2D eigenvalue weighted by Gasteiger charge is -2.08. The number of thioether (sulfide) groups is 1. The number of nitrogens with one attached hydrogen (secondary N) is 2. The standard InChI is InChI=1S/C9H21N3S.HI/c1-4-10-9(11-5-2)12-7-6-8-13-3;/h4-8H2,1-3H3,(H2,10,11,12);1H. The predicted molar refractivity (Wildman–Crippen MR) is 78.1 cm³/mol. The largest absolute Gasteiger partial charge is 0.357 e. The fourth-order valence-electron chi connectivity index (χ4n) is 0.909. The van der Waals surface area contributed by atoms with Crippen molar-refractivity contribution in [1.82, 2.24) is 10.6 Å². The molecule has 0 saturated heterocycles. The predicted octanol–water partition coefficient (Wildman–Crippen LogP) is 1.93. The monoisotopic (exact) mass is 331 g/mol. The Hall–Kier alpha value is 0.350. The van der Waals surface area contributed by atoms with Gasteiger partial charge in [0, 0.05) is 19.6 Å². The third kappa shape index (κ3) is 10.4. The summed E-state index contributed by atoms with van der Waals surface area (Å²) in [6.45, 7) is 6.92. The van der Waals surface area contributed by atoms with Crippen LogP contribution >= 0.6 is 35.7 Å². The minimum absolute atomic E-state index is 0. The van der Waals surface area contributed by atoms with Crippen LogP contribution in [0.15, 0.2) is 4.99 Å². The van der Waals surface area contributed by atoms with Crippen molar-refractivity contribution in [2.45, 2.75) is 20.3 Å². The zero-order valence-corrected chi connectivity index (χ0v) is 12.4. The van der Waals surface area contributed by atoms with E-state index in [0.29, 0.717) is 0 Å². The minimum atomic E-state index is 0. The summed E-state index contributed by atoms with van der Waals surface area (Å²) < 4.78 is 0. The van der Waals surface area contributed by atoms with Crippen molar-refractivity contribution in [2.24, 2.45) is 4.99 Å². The van der Waals surface area contributed by atoms with Crippen molar-refractivity contribution in [3.63, 3.8) is 0 Å². The smallest absolute Gasteiger partial charge is 0.191 e. The molecule has 0 aliphatic carbocycles. The quantitative estimate of drug-likeness (QED) is 0.338. The van der Waals surface area contributed by atoms with E-state index in [-0.39, 0.29) is 24.0 Å². The van der Waals surface area contributed by atoms with Crippen LogP contribution in [0.5, 0.6) is 0 Å². The molecule has 0 aliphatic rings. The van der Waals surface area contributed by atoms with Crippen LogP contribution in [0.2, 0.25) is 0 Å². The number of guanidine groups is 1. The first-order valence-corrected chi connectivity index (χ1v) is 6.25. The molecule has 0 saturated carbocycles. The van der Waals surface area contributed by atoms with Crippen LogP contribution in [-0.2, 0) is 0 Å². The fourth-order valence-corrected chi connectivity index (χ4v) is 1.33. The highest BCUT2D eigenvalue weighted by atomic mass is 127. The van der Waals surface area contributed by atoms with Crippen molar-refractivity contribution in [3.8, 4) is 0 Å². The Labute approximate surface area is 109 Å². The normalized spacial score (nSPS) is 8.79. The maximum Gasteiger partial charge on any atom is 0.191 e. The highest BCUT2D eigenvalue weighted by Gasteiger charge is 1.92. The van der Waals surface area contributed by atoms with Gasteiger partial charge in [0.25, 0.3) is 0 Å². The summed E-state index contributed by atoms with van der Waals surface area (Å²) in [5.41, 5.74) is 0. The number of halogens is 1. The zero-order valence-electron chi connectivity index (χ0n) is 9.30. The van der Waals surface area contributed by atoms with Crippen LogP contribution in [0.3, 0.4) is 0 Å². The van der Waals surface area contributed by atoms with E-state index in [2.05, 4.69) is 35.7 Å². The summed E-state index contributed by atoms with van der Waals surface area (Å²) in [5, 5.41) is 6.39. The number of nitrogens with zero attached hydrogens (tertiary/aromatic N) is 1. The van der Waals surface area contributed by atoms with Crippen molar-refractivity contribution >= 4 is 41.7 Å². The Balaban J connectivity index is 0. The summed E-state index contributed by atoms with van der Waals surface area (Å²) in [6, 6.07) is 0. The Kier molecular flexibility index (Phi) is 16.0. The van der Waals surface area contributed by atoms with Gasteiger partial charge in [-0.1, -0.05) is 0 Å². The number of rotatable bonds is 6. The van der Waals surface area contributed by atoms with Crippen molar-refractivity contribution in [2.75, 3.05) is 31.6 Å². The Morgan fingerprint density at radius 1 is 1.21 bits per heavy atom. The van der Waals surface area contributed by atoms with Gasteiger partial charge in [0.15, 0.2) is 5.96 Å². The van der Waals surface area contributed by atoms with Gasteiger partial charge >= 0.3 is 0 Å². The average molecular weight is 331 g/mol. The summed E-state index contributed by atoms with van der Waals surface area (Å²) >= 11 is 1.87. The first-order valence-electron chi connectivity index (χ1n) is 4.86. The maximum absolute atomic E-state index is 4.42. The molecule has 0 bridgehead atoms. The molecule has 0 radical (unpaired) electrons. The molecule has 0 fully saturated rings. The van der Waals surface area contributed by atoms with Gasteiger partial charge in [-0.25, -0.2) is 0 Å². The number of hydrogen-bond acceptors (Lipinski definition) is 2. The molecule has 0 rings (SSSR count). The summed E-state index contributed by atoms with van der Waals surface area (Å²) in [7, 11) is 0. The molecule has 0 unspecified atom stereocenters. The zero-order chi connectivity index (χ0) is 9.94. The molecule has 2 N–H and O–H groups in total. The molecule has 0 spiro atoms. The van der Waals surface area contributed by atoms with Crippen LogP contribution in [0, 0.1) is 0 Å². The van der Waals surface area contributed by atoms with E-state index in [9.17, 15) is 0 Å². The van der Waals surface area contributed by atoms with Gasteiger partial charge in [0.05, 0.1) is 0 Å². The van der Waals surface area contributed by atoms with Crippen LogP contribution < -0.4 is 10.6 Å². The van der Waals surface area contributed by atoms with Crippen LogP contribution in [0.1, 0.15) is 20.3 Å². The number of hydrogen-bond donors (Lipinski definition) is 2. The molecule has 0 heterocycles. The van der Waals surface area contributed by atoms with E-state index in [4.69, 9.17) is 0 Å². The second kappa shape index (κ2) is 13.4. The molecule has 0 aromatic rings. The topological polar surface area (TPSA) is 36.4 Å². The summed E-state index contributed by atoms with van der Waals surface area (Å²) in [4.78, 5) is 4.42. The van der Waals surface area contributed by atoms with E-state index in [1.165, 1.54) is 5.75 Å². The Morgan fingerprint density at radius 2 is 1.79 bits per heavy atom. The highest BCUT2D eigenvalue weighted by Crippen LogP contribution is 1.94. The molecule has 86 valence electrons. The van der Waals surface area contributed by atoms with Gasteiger partial charge in [0.2, 0.25) is 0 Å². The molecule has 0 atom stereocenters. The van der Waals surface area contributed by atoms with Crippen molar-refractivity contribution in [1.29, 1.82) is 0 Å². The van der Waals surface area contributed by atoms with E-state index in [1.807, 2.05) is 11.8 Å². The lowest BCUT2D eigenvalue weighted by Crippen LogP contribution is -2.37. The van der Waals surface area contributed by atoms with Gasteiger partial charge < -0.3 is 10.6 Å². The molecule has 14 heavy (non-hydrogen) atoms. The second-order valence-corrected chi connectivity index (χ2v) is 3.62. The van der Waals surface area contributed by atoms with E-state index in [0.717, 1.165) is 32.0 Å².